The van der Waals surface area contributed by atoms with Crippen LogP contribution in [0.4, 0.5) is 10.5 Å². The smallest absolute Gasteiger partial charge is 0.322 e. The van der Waals surface area contributed by atoms with Crippen molar-refractivity contribution in [3.05, 3.63) is 75.5 Å². The van der Waals surface area contributed by atoms with E-state index in [0.717, 1.165) is 27.3 Å². The van der Waals surface area contributed by atoms with Gasteiger partial charge in [-0.25, -0.2) is 4.79 Å². The van der Waals surface area contributed by atoms with Gasteiger partial charge in [-0.2, -0.15) is 0 Å². The van der Waals surface area contributed by atoms with Gasteiger partial charge >= 0.3 is 6.03 Å². The van der Waals surface area contributed by atoms with Crippen molar-refractivity contribution in [2.45, 2.75) is 40.2 Å². The molecular formula is C31H41N3O5S. The minimum Gasteiger partial charge on any atom is -0.493 e. The van der Waals surface area contributed by atoms with Crippen molar-refractivity contribution in [2.75, 3.05) is 52.4 Å². The van der Waals surface area contributed by atoms with Crippen molar-refractivity contribution in [1.29, 1.82) is 0 Å². The number of aryl methyl sites for hydroxylation is 2. The van der Waals surface area contributed by atoms with Gasteiger partial charge in [-0.05, 0) is 74.4 Å². The van der Waals surface area contributed by atoms with Gasteiger partial charge in [0.1, 0.15) is 6.54 Å². The molecule has 1 heterocycles. The lowest BCUT2D eigenvalue weighted by atomic mass is 10.1. The molecule has 0 saturated carbocycles. The van der Waals surface area contributed by atoms with E-state index in [4.69, 9.17) is 14.2 Å². The number of urea groups is 1. The van der Waals surface area contributed by atoms with Crippen LogP contribution in [0, 0.1) is 13.8 Å². The Labute approximate surface area is 241 Å². The number of carbonyl (C=O) groups is 2. The Bertz CT molecular complexity index is 1230. The molecule has 1 aromatic heterocycles. The van der Waals surface area contributed by atoms with Gasteiger partial charge in [0.05, 0.1) is 20.8 Å². The molecule has 0 atom stereocenters. The first kappa shape index (κ1) is 31.0. The average Bonchev–Trinajstić information content (AvgIpc) is 3.47. The number of hydrogen-bond donors (Lipinski definition) is 1. The van der Waals surface area contributed by atoms with Crippen LogP contribution in [0.5, 0.6) is 11.5 Å². The molecule has 2 aromatic carbocycles. The standard InChI is InChI=1S/C31H41N3O5S/c1-6-39-17-8-15-34(31(36)32-27-12-10-23(2)19-24(27)3)22-30(35)33(21-26-9-7-18-40-26)16-14-25-11-13-28(37-4)29(20-25)38-5/h7,9-13,18-20H,6,8,14-17,21-22H2,1-5H3,(H,32,36). The number of carbonyl (C=O) groups excluding carboxylic acids is 2. The van der Waals surface area contributed by atoms with E-state index in [9.17, 15) is 9.59 Å². The van der Waals surface area contributed by atoms with Gasteiger partial charge in [-0.1, -0.05) is 29.8 Å². The summed E-state index contributed by atoms with van der Waals surface area (Å²) in [5.41, 5.74) is 3.87. The van der Waals surface area contributed by atoms with Gasteiger partial charge in [0.25, 0.3) is 0 Å². The molecule has 0 aliphatic carbocycles. The molecule has 216 valence electrons. The van der Waals surface area contributed by atoms with Crippen LogP contribution >= 0.6 is 11.3 Å². The molecule has 9 heteroatoms. The molecule has 0 radical (unpaired) electrons. The van der Waals surface area contributed by atoms with Gasteiger partial charge in [0.2, 0.25) is 5.91 Å². The number of anilines is 1. The lowest BCUT2D eigenvalue weighted by Gasteiger charge is -2.28. The van der Waals surface area contributed by atoms with Gasteiger partial charge in [0, 0.05) is 36.9 Å². The maximum atomic E-state index is 13.7. The highest BCUT2D eigenvalue weighted by molar-refractivity contribution is 7.09. The van der Waals surface area contributed by atoms with E-state index >= 15 is 0 Å². The maximum Gasteiger partial charge on any atom is 0.322 e. The predicted molar refractivity (Wildman–Crippen MR) is 161 cm³/mol. The van der Waals surface area contributed by atoms with Gasteiger partial charge < -0.3 is 29.3 Å². The zero-order valence-corrected chi connectivity index (χ0v) is 25.0. The summed E-state index contributed by atoms with van der Waals surface area (Å²) in [5, 5.41) is 5.01. The lowest BCUT2D eigenvalue weighted by Crippen LogP contribution is -2.45. The summed E-state index contributed by atoms with van der Waals surface area (Å²) in [7, 11) is 3.22. The fourth-order valence-corrected chi connectivity index (χ4v) is 5.07. The first-order chi connectivity index (χ1) is 19.3. The molecule has 3 amide bonds. The van der Waals surface area contributed by atoms with Crippen LogP contribution in [-0.2, 0) is 22.5 Å². The summed E-state index contributed by atoms with van der Waals surface area (Å²) >= 11 is 1.61. The van der Waals surface area contributed by atoms with E-state index in [0.29, 0.717) is 57.2 Å². The Balaban J connectivity index is 1.75. The molecule has 0 fully saturated rings. The first-order valence-electron chi connectivity index (χ1n) is 13.6. The number of benzene rings is 2. The zero-order valence-electron chi connectivity index (χ0n) is 24.2. The second kappa shape index (κ2) is 15.9. The summed E-state index contributed by atoms with van der Waals surface area (Å²) in [4.78, 5) is 31.6. The second-order valence-corrected chi connectivity index (χ2v) is 10.6. The van der Waals surface area contributed by atoms with Crippen molar-refractivity contribution >= 4 is 29.0 Å². The number of hydrogen-bond acceptors (Lipinski definition) is 6. The van der Waals surface area contributed by atoms with E-state index in [-0.39, 0.29) is 18.5 Å². The van der Waals surface area contributed by atoms with Crippen LogP contribution in [-0.4, -0.2) is 68.8 Å². The van der Waals surface area contributed by atoms with Crippen molar-refractivity contribution in [1.82, 2.24) is 9.80 Å². The molecule has 0 saturated heterocycles. The minimum absolute atomic E-state index is 0.0276. The Morgan fingerprint density at radius 3 is 2.42 bits per heavy atom. The molecule has 1 N–H and O–H groups in total. The first-order valence-corrected chi connectivity index (χ1v) is 14.4. The molecule has 40 heavy (non-hydrogen) atoms. The second-order valence-electron chi connectivity index (χ2n) is 9.55. The highest BCUT2D eigenvalue weighted by Crippen LogP contribution is 2.28. The fourth-order valence-electron chi connectivity index (χ4n) is 4.35. The number of nitrogens with zero attached hydrogens (tertiary/aromatic N) is 2. The van der Waals surface area contributed by atoms with Gasteiger partial charge in [0.15, 0.2) is 11.5 Å². The Morgan fingerprint density at radius 2 is 1.75 bits per heavy atom. The molecular weight excluding hydrogens is 526 g/mol. The number of amides is 3. The Kier molecular flexibility index (Phi) is 12.3. The molecule has 0 aliphatic rings. The van der Waals surface area contributed by atoms with Crippen LogP contribution < -0.4 is 14.8 Å². The van der Waals surface area contributed by atoms with Crippen LogP contribution in [0.25, 0.3) is 0 Å². The summed E-state index contributed by atoms with van der Waals surface area (Å²) in [5.74, 6) is 1.20. The quantitative estimate of drug-likeness (QED) is 0.231. The van der Waals surface area contributed by atoms with Gasteiger partial charge in [-0.3, -0.25) is 4.79 Å². The Morgan fingerprint density at radius 1 is 0.950 bits per heavy atom. The van der Waals surface area contributed by atoms with E-state index in [1.165, 1.54) is 0 Å². The van der Waals surface area contributed by atoms with Crippen LogP contribution in [0.2, 0.25) is 0 Å². The van der Waals surface area contributed by atoms with Crippen LogP contribution in [0.15, 0.2) is 53.9 Å². The maximum absolute atomic E-state index is 13.7. The van der Waals surface area contributed by atoms with Gasteiger partial charge in [-0.15, -0.1) is 11.3 Å². The number of methoxy groups -OCH3 is 2. The minimum atomic E-state index is -0.298. The number of rotatable bonds is 15. The zero-order chi connectivity index (χ0) is 28.9. The van der Waals surface area contributed by atoms with Crippen LogP contribution in [0.1, 0.15) is 34.9 Å². The topological polar surface area (TPSA) is 80.3 Å². The van der Waals surface area contributed by atoms with E-state index in [1.807, 2.05) is 79.6 Å². The molecule has 0 aliphatic heterocycles. The van der Waals surface area contributed by atoms with E-state index in [2.05, 4.69) is 5.32 Å². The van der Waals surface area contributed by atoms with Crippen molar-refractivity contribution in [3.8, 4) is 11.5 Å². The predicted octanol–water partition coefficient (Wildman–Crippen LogP) is 5.91. The third-order valence-corrected chi connectivity index (χ3v) is 7.42. The summed E-state index contributed by atoms with van der Waals surface area (Å²) < 4.78 is 16.3. The highest BCUT2D eigenvalue weighted by atomic mass is 32.1. The SMILES string of the molecule is CCOCCCN(CC(=O)N(CCc1ccc(OC)c(OC)c1)Cc1cccs1)C(=O)Nc1ccc(C)cc1C. The van der Waals surface area contributed by atoms with Crippen LogP contribution in [0.3, 0.4) is 0 Å². The highest BCUT2D eigenvalue weighted by Gasteiger charge is 2.22. The van der Waals surface area contributed by atoms with E-state index < -0.39 is 0 Å². The average molecular weight is 568 g/mol. The third-order valence-electron chi connectivity index (χ3n) is 6.56. The van der Waals surface area contributed by atoms with Crippen molar-refractivity contribution < 1.29 is 23.8 Å². The molecule has 3 aromatic rings. The molecule has 0 bridgehead atoms. The summed E-state index contributed by atoms with van der Waals surface area (Å²) in [6.07, 6.45) is 1.27. The monoisotopic (exact) mass is 567 g/mol. The summed E-state index contributed by atoms with van der Waals surface area (Å²) in [6, 6.07) is 15.4. The largest absolute Gasteiger partial charge is 0.493 e. The Hall–Kier alpha value is -3.56. The molecule has 8 nitrogen and oxygen atoms in total. The lowest BCUT2D eigenvalue weighted by molar-refractivity contribution is -0.132. The van der Waals surface area contributed by atoms with E-state index in [1.54, 1.807) is 30.5 Å². The van der Waals surface area contributed by atoms with Crippen molar-refractivity contribution in [3.63, 3.8) is 0 Å². The third kappa shape index (κ3) is 9.27. The molecule has 0 spiro atoms. The fraction of sp³-hybridized carbons (Fsp3) is 0.419. The number of ether oxygens (including phenoxy) is 3. The normalized spacial score (nSPS) is 10.7. The molecule has 0 unspecified atom stereocenters. The summed E-state index contributed by atoms with van der Waals surface area (Å²) in [6.45, 7) is 8.41. The molecule has 3 rings (SSSR count). The van der Waals surface area contributed by atoms with Crippen molar-refractivity contribution in [2.24, 2.45) is 0 Å². The number of thiophene rings is 1. The number of nitrogens with one attached hydrogen (secondary N) is 1.